The highest BCUT2D eigenvalue weighted by Crippen LogP contribution is 2.24. The minimum absolute atomic E-state index is 0.0556. The summed E-state index contributed by atoms with van der Waals surface area (Å²) in [5, 5.41) is 0. The molecule has 4 nitrogen and oxygen atoms in total. The predicted molar refractivity (Wildman–Crippen MR) is 104 cm³/mol. The number of nitrogen functional groups attached to an aromatic ring is 1. The van der Waals surface area contributed by atoms with Gasteiger partial charge in [-0.05, 0) is 36.4 Å². The fourth-order valence-corrected chi connectivity index (χ4v) is 3.93. The quantitative estimate of drug-likeness (QED) is 0.271. The summed E-state index contributed by atoms with van der Waals surface area (Å²) in [6, 6.07) is 11.2. The van der Waals surface area contributed by atoms with Gasteiger partial charge in [-0.3, -0.25) is 0 Å². The Morgan fingerprint density at radius 3 is 1.43 bits per heavy atom. The summed E-state index contributed by atoms with van der Waals surface area (Å²) in [5.41, 5.74) is 17.4. The van der Waals surface area contributed by atoms with E-state index >= 15 is 0 Å². The van der Waals surface area contributed by atoms with E-state index in [4.69, 9.17) is 17.2 Å². The topological polar surface area (TPSA) is 90.4 Å². The summed E-state index contributed by atoms with van der Waals surface area (Å²) < 4.78 is 3.84. The van der Waals surface area contributed by atoms with Crippen molar-refractivity contribution in [1.29, 1.82) is 0 Å². The molecule has 0 aliphatic carbocycles. The van der Waals surface area contributed by atoms with Crippen LogP contribution in [-0.4, -0.2) is 5.96 Å². The minimum atomic E-state index is 0.0556. The van der Waals surface area contributed by atoms with Crippen LogP contribution in [0.25, 0.3) is 0 Å². The molecule has 2 aromatic carbocycles. The molecule has 0 spiro atoms. The van der Waals surface area contributed by atoms with Crippen LogP contribution in [-0.2, 0) is 0 Å². The zero-order valence-electron chi connectivity index (χ0n) is 10.7. The van der Waals surface area contributed by atoms with E-state index in [1.807, 2.05) is 36.4 Å². The van der Waals surface area contributed by atoms with Crippen molar-refractivity contribution in [3.8, 4) is 0 Å². The van der Waals surface area contributed by atoms with Gasteiger partial charge in [0.05, 0.1) is 5.69 Å². The van der Waals surface area contributed by atoms with Gasteiger partial charge in [0.1, 0.15) is 0 Å². The average Bonchev–Trinajstić information content (AvgIpc) is 2.24. The normalized spacial score (nSPS) is 9.52. The van der Waals surface area contributed by atoms with Gasteiger partial charge < -0.3 is 17.2 Å². The summed E-state index contributed by atoms with van der Waals surface area (Å²) >= 11 is 13.2. The Morgan fingerprint density at radius 2 is 1.10 bits per heavy atom. The minimum Gasteiger partial charge on any atom is -0.399 e. The summed E-state index contributed by atoms with van der Waals surface area (Å²) in [5.74, 6) is 0.0556. The van der Waals surface area contributed by atoms with Crippen LogP contribution in [0.5, 0.6) is 0 Å². The van der Waals surface area contributed by atoms with Crippen LogP contribution in [0.3, 0.4) is 0 Å². The van der Waals surface area contributed by atoms with Crippen molar-refractivity contribution in [2.24, 2.45) is 16.5 Å². The van der Waals surface area contributed by atoms with E-state index in [-0.39, 0.29) is 5.96 Å². The fourth-order valence-electron chi connectivity index (χ4n) is 1.33. The zero-order chi connectivity index (χ0) is 16.0. The molecular weight excluding hydrogens is 532 g/mol. The summed E-state index contributed by atoms with van der Waals surface area (Å²) in [6.45, 7) is 0. The molecule has 8 heteroatoms. The first-order valence-electron chi connectivity index (χ1n) is 5.53. The number of halogens is 4. The standard InChI is InChI=1S/C7H7Br2N3.C6H5Br2N/c8-4-1-5(9)3-6(2-4)12-7(10)11;7-4-1-5(8)3-6(9)2-4/h1-3H,(H4,10,11,12);1-3H,9H2. The largest absolute Gasteiger partial charge is 0.399 e. The molecule has 0 amide bonds. The molecule has 0 aromatic heterocycles. The van der Waals surface area contributed by atoms with Crippen molar-refractivity contribution in [2.45, 2.75) is 0 Å². The van der Waals surface area contributed by atoms with E-state index in [0.29, 0.717) is 0 Å². The molecule has 0 saturated heterocycles. The van der Waals surface area contributed by atoms with Crippen molar-refractivity contribution >= 4 is 81.1 Å². The molecule has 21 heavy (non-hydrogen) atoms. The van der Waals surface area contributed by atoms with Gasteiger partial charge in [-0.1, -0.05) is 63.7 Å². The van der Waals surface area contributed by atoms with Gasteiger partial charge >= 0.3 is 0 Å². The fraction of sp³-hybridized carbons (Fsp3) is 0. The Morgan fingerprint density at radius 1 is 0.714 bits per heavy atom. The Bertz CT molecular complexity index is 584. The summed E-state index contributed by atoms with van der Waals surface area (Å²) in [6.07, 6.45) is 0. The highest BCUT2D eigenvalue weighted by Gasteiger charge is 1.95. The van der Waals surface area contributed by atoms with E-state index in [9.17, 15) is 0 Å². The Labute approximate surface area is 156 Å². The molecule has 0 bridgehead atoms. The second-order valence-corrected chi connectivity index (χ2v) is 7.53. The number of aliphatic imine (C=N–C) groups is 1. The van der Waals surface area contributed by atoms with Crippen molar-refractivity contribution in [2.75, 3.05) is 5.73 Å². The van der Waals surface area contributed by atoms with Crippen molar-refractivity contribution in [1.82, 2.24) is 0 Å². The molecule has 0 aliphatic heterocycles. The third-order valence-corrected chi connectivity index (χ3v) is 3.82. The number of nitrogens with zero attached hydrogens (tertiary/aromatic N) is 1. The van der Waals surface area contributed by atoms with Gasteiger partial charge in [0.15, 0.2) is 5.96 Å². The van der Waals surface area contributed by atoms with E-state index in [0.717, 1.165) is 29.3 Å². The molecular formula is C13H12Br4N4. The Hall–Kier alpha value is -0.570. The first-order chi connectivity index (χ1) is 9.76. The Balaban J connectivity index is 0.000000219. The van der Waals surface area contributed by atoms with Gasteiger partial charge in [-0.25, -0.2) is 4.99 Å². The SMILES string of the molecule is NC(N)=Nc1cc(Br)cc(Br)c1.Nc1cc(Br)cc(Br)c1. The monoisotopic (exact) mass is 540 g/mol. The summed E-state index contributed by atoms with van der Waals surface area (Å²) in [7, 11) is 0. The lowest BCUT2D eigenvalue weighted by Crippen LogP contribution is -2.21. The molecule has 0 saturated carbocycles. The average molecular weight is 544 g/mol. The van der Waals surface area contributed by atoms with Crippen LogP contribution < -0.4 is 17.2 Å². The van der Waals surface area contributed by atoms with Crippen molar-refractivity contribution in [3.05, 3.63) is 54.3 Å². The molecule has 0 radical (unpaired) electrons. The van der Waals surface area contributed by atoms with Crippen LogP contribution in [0.4, 0.5) is 11.4 Å². The highest BCUT2D eigenvalue weighted by molar-refractivity contribution is 9.11. The predicted octanol–water partition coefficient (Wildman–Crippen LogP) is 4.91. The molecule has 0 unspecified atom stereocenters. The maximum atomic E-state index is 5.50. The van der Waals surface area contributed by atoms with Crippen LogP contribution >= 0.6 is 63.7 Å². The zero-order valence-corrected chi connectivity index (χ0v) is 17.0. The molecule has 2 rings (SSSR count). The number of rotatable bonds is 1. The lowest BCUT2D eigenvalue weighted by Gasteiger charge is -1.97. The number of anilines is 1. The molecule has 112 valence electrons. The van der Waals surface area contributed by atoms with Gasteiger partial charge in [-0.2, -0.15) is 0 Å². The molecule has 6 N–H and O–H groups in total. The second kappa shape index (κ2) is 8.77. The van der Waals surface area contributed by atoms with E-state index in [1.54, 1.807) is 0 Å². The highest BCUT2D eigenvalue weighted by atomic mass is 79.9. The maximum absolute atomic E-state index is 5.50. The number of guanidine groups is 1. The third-order valence-electron chi connectivity index (χ3n) is 1.99. The van der Waals surface area contributed by atoms with E-state index in [1.165, 1.54) is 0 Å². The van der Waals surface area contributed by atoms with Crippen molar-refractivity contribution < 1.29 is 0 Å². The smallest absolute Gasteiger partial charge is 0.191 e. The molecule has 0 aliphatic rings. The van der Waals surface area contributed by atoms with Gasteiger partial charge in [0.2, 0.25) is 0 Å². The van der Waals surface area contributed by atoms with E-state index < -0.39 is 0 Å². The van der Waals surface area contributed by atoms with Gasteiger partial charge in [0, 0.05) is 23.6 Å². The first-order valence-corrected chi connectivity index (χ1v) is 8.71. The number of hydrogen-bond acceptors (Lipinski definition) is 2. The van der Waals surface area contributed by atoms with E-state index in [2.05, 4.69) is 68.7 Å². The number of hydrogen-bond donors (Lipinski definition) is 3. The third kappa shape index (κ3) is 7.85. The Kier molecular flexibility index (Phi) is 7.72. The van der Waals surface area contributed by atoms with Crippen LogP contribution in [0.15, 0.2) is 59.3 Å². The van der Waals surface area contributed by atoms with Crippen LogP contribution in [0.2, 0.25) is 0 Å². The van der Waals surface area contributed by atoms with Gasteiger partial charge in [-0.15, -0.1) is 0 Å². The molecule has 0 fully saturated rings. The molecule has 2 aromatic rings. The lowest BCUT2D eigenvalue weighted by molar-refractivity contribution is 1.41. The van der Waals surface area contributed by atoms with Crippen LogP contribution in [0, 0.1) is 0 Å². The lowest BCUT2D eigenvalue weighted by atomic mass is 10.3. The maximum Gasteiger partial charge on any atom is 0.191 e. The van der Waals surface area contributed by atoms with Crippen molar-refractivity contribution in [3.63, 3.8) is 0 Å². The number of nitrogens with two attached hydrogens (primary N) is 3. The second-order valence-electron chi connectivity index (χ2n) is 3.87. The van der Waals surface area contributed by atoms with Gasteiger partial charge in [0.25, 0.3) is 0 Å². The first kappa shape index (κ1) is 18.5. The van der Waals surface area contributed by atoms with Crippen LogP contribution in [0.1, 0.15) is 0 Å². The summed E-state index contributed by atoms with van der Waals surface area (Å²) in [4.78, 5) is 3.89. The molecule has 0 atom stereocenters. The molecule has 0 heterocycles. The number of benzene rings is 2.